The average molecular weight is 383 g/mol. The lowest BCUT2D eigenvalue weighted by Crippen LogP contribution is -2.42. The zero-order valence-electron chi connectivity index (χ0n) is 15.8. The zero-order valence-corrected chi connectivity index (χ0v) is 15.8. The first kappa shape index (κ1) is 19.8. The van der Waals surface area contributed by atoms with Gasteiger partial charge in [0.15, 0.2) is 6.61 Å². The first-order chi connectivity index (χ1) is 13.5. The number of carbonyl (C=O) groups is 2. The van der Waals surface area contributed by atoms with Crippen LogP contribution in [-0.2, 0) is 16.1 Å². The molecule has 0 radical (unpaired) electrons. The fourth-order valence-corrected chi connectivity index (χ4v) is 3.25. The van der Waals surface area contributed by atoms with Gasteiger partial charge in [-0.1, -0.05) is 23.8 Å². The van der Waals surface area contributed by atoms with Crippen molar-refractivity contribution >= 4 is 11.8 Å². The van der Waals surface area contributed by atoms with E-state index in [2.05, 4.69) is 15.6 Å². The van der Waals surface area contributed by atoms with E-state index in [4.69, 9.17) is 4.74 Å². The van der Waals surface area contributed by atoms with Crippen LogP contribution in [0.2, 0.25) is 0 Å². The molecule has 3 N–H and O–H groups in total. The molecule has 0 bridgehead atoms. The van der Waals surface area contributed by atoms with E-state index >= 15 is 0 Å². The summed E-state index contributed by atoms with van der Waals surface area (Å²) >= 11 is 0. The van der Waals surface area contributed by atoms with Gasteiger partial charge >= 0.3 is 0 Å². The standard InChI is InChI=1S/C21H25N3O4/c1-14-4-6-17(7-5-14)28-13-20(26)24-18-9-16(10-19(18)25)21(27)23-12-15-3-2-8-22-11-15/h2-8,11,16,18-19,25H,9-10,12-13H2,1H3,(H,23,27)(H,24,26)/t16-,18-,19-/m0/s1. The van der Waals surface area contributed by atoms with Crippen LogP contribution in [0.25, 0.3) is 0 Å². The van der Waals surface area contributed by atoms with Crippen LogP contribution in [0.5, 0.6) is 5.75 Å². The fourth-order valence-electron chi connectivity index (χ4n) is 3.25. The van der Waals surface area contributed by atoms with E-state index < -0.39 is 12.1 Å². The molecular weight excluding hydrogens is 358 g/mol. The zero-order chi connectivity index (χ0) is 19.9. The fraction of sp³-hybridized carbons (Fsp3) is 0.381. The molecule has 3 atom stereocenters. The third-order valence-corrected chi connectivity index (χ3v) is 4.83. The molecule has 0 spiro atoms. The summed E-state index contributed by atoms with van der Waals surface area (Å²) in [5, 5.41) is 15.8. The molecule has 1 aliphatic carbocycles. The topological polar surface area (TPSA) is 101 Å². The summed E-state index contributed by atoms with van der Waals surface area (Å²) in [4.78, 5) is 28.5. The number of ether oxygens (including phenoxy) is 1. The van der Waals surface area contributed by atoms with Crippen molar-refractivity contribution < 1.29 is 19.4 Å². The number of carbonyl (C=O) groups excluding carboxylic acids is 2. The lowest BCUT2D eigenvalue weighted by atomic mass is 10.1. The second-order valence-corrected chi connectivity index (χ2v) is 7.09. The number of hydrogen-bond acceptors (Lipinski definition) is 5. The highest BCUT2D eigenvalue weighted by molar-refractivity contribution is 5.80. The first-order valence-electron chi connectivity index (χ1n) is 9.35. The summed E-state index contributed by atoms with van der Waals surface area (Å²) in [7, 11) is 0. The Labute approximate surface area is 164 Å². The average Bonchev–Trinajstić information content (AvgIpc) is 3.07. The van der Waals surface area contributed by atoms with Crippen LogP contribution in [0, 0.1) is 12.8 Å². The number of amides is 2. The molecule has 1 heterocycles. The Bertz CT molecular complexity index is 795. The second kappa shape index (κ2) is 9.32. The van der Waals surface area contributed by atoms with Gasteiger partial charge in [0.05, 0.1) is 12.1 Å². The van der Waals surface area contributed by atoms with Gasteiger partial charge in [-0.05, 0) is 43.5 Å². The monoisotopic (exact) mass is 383 g/mol. The predicted octanol–water partition coefficient (Wildman–Crippen LogP) is 1.34. The van der Waals surface area contributed by atoms with Crippen LogP contribution < -0.4 is 15.4 Å². The van der Waals surface area contributed by atoms with Crippen LogP contribution in [0.4, 0.5) is 0 Å². The molecule has 1 aromatic heterocycles. The Morgan fingerprint density at radius 1 is 1.21 bits per heavy atom. The van der Waals surface area contributed by atoms with Crippen molar-refractivity contribution in [2.45, 2.75) is 38.5 Å². The number of rotatable bonds is 7. The first-order valence-corrected chi connectivity index (χ1v) is 9.35. The summed E-state index contributed by atoms with van der Waals surface area (Å²) in [6, 6.07) is 10.7. The van der Waals surface area contributed by atoms with Crippen molar-refractivity contribution in [3.05, 3.63) is 59.9 Å². The molecule has 0 unspecified atom stereocenters. The number of aliphatic hydroxyl groups is 1. The molecule has 1 saturated carbocycles. The Balaban J connectivity index is 1.43. The van der Waals surface area contributed by atoms with Gasteiger partial charge in [-0.15, -0.1) is 0 Å². The minimum atomic E-state index is -0.752. The SMILES string of the molecule is Cc1ccc(OCC(=O)N[C@H]2C[C@H](C(=O)NCc3cccnc3)C[C@@H]2O)cc1. The van der Waals surface area contributed by atoms with Gasteiger partial charge < -0.3 is 20.5 Å². The summed E-state index contributed by atoms with van der Waals surface area (Å²) in [6.45, 7) is 2.23. The molecule has 1 aromatic carbocycles. The maximum atomic E-state index is 12.4. The molecule has 3 rings (SSSR count). The van der Waals surface area contributed by atoms with E-state index in [1.807, 2.05) is 31.2 Å². The lowest BCUT2D eigenvalue weighted by molar-refractivity contribution is -0.126. The Morgan fingerprint density at radius 2 is 2.00 bits per heavy atom. The number of aryl methyl sites for hydroxylation is 1. The van der Waals surface area contributed by atoms with Crippen molar-refractivity contribution in [3.8, 4) is 5.75 Å². The molecule has 0 saturated heterocycles. The second-order valence-electron chi connectivity index (χ2n) is 7.09. The highest BCUT2D eigenvalue weighted by Crippen LogP contribution is 2.26. The summed E-state index contributed by atoms with van der Waals surface area (Å²) in [5.41, 5.74) is 2.02. The summed E-state index contributed by atoms with van der Waals surface area (Å²) in [6.07, 6.45) is 3.34. The molecule has 7 heteroatoms. The van der Waals surface area contributed by atoms with Crippen molar-refractivity contribution in [1.82, 2.24) is 15.6 Å². The molecule has 28 heavy (non-hydrogen) atoms. The molecule has 0 aliphatic heterocycles. The van der Waals surface area contributed by atoms with Crippen molar-refractivity contribution in [2.75, 3.05) is 6.61 Å². The summed E-state index contributed by atoms with van der Waals surface area (Å²) in [5.74, 6) is -0.174. The minimum Gasteiger partial charge on any atom is -0.484 e. The smallest absolute Gasteiger partial charge is 0.258 e. The molecule has 7 nitrogen and oxygen atoms in total. The number of hydrogen-bond donors (Lipinski definition) is 3. The van der Waals surface area contributed by atoms with Crippen LogP contribution in [-0.4, -0.2) is 40.7 Å². The highest BCUT2D eigenvalue weighted by atomic mass is 16.5. The quantitative estimate of drug-likeness (QED) is 0.670. The number of aliphatic hydroxyl groups excluding tert-OH is 1. The van der Waals surface area contributed by atoms with E-state index in [0.29, 0.717) is 25.1 Å². The van der Waals surface area contributed by atoms with Crippen molar-refractivity contribution in [3.63, 3.8) is 0 Å². The van der Waals surface area contributed by atoms with Gasteiger partial charge in [-0.2, -0.15) is 0 Å². The van der Waals surface area contributed by atoms with E-state index in [0.717, 1.165) is 11.1 Å². The maximum absolute atomic E-state index is 12.4. The third kappa shape index (κ3) is 5.53. The molecule has 148 valence electrons. The molecule has 1 aliphatic rings. The Kier molecular flexibility index (Phi) is 6.60. The predicted molar refractivity (Wildman–Crippen MR) is 103 cm³/mol. The van der Waals surface area contributed by atoms with E-state index in [9.17, 15) is 14.7 Å². The highest BCUT2D eigenvalue weighted by Gasteiger charge is 2.37. The normalized spacial score (nSPS) is 21.1. The number of benzene rings is 1. The van der Waals surface area contributed by atoms with Crippen LogP contribution in [0.15, 0.2) is 48.8 Å². The number of pyridine rings is 1. The Hall–Kier alpha value is -2.93. The van der Waals surface area contributed by atoms with Crippen LogP contribution >= 0.6 is 0 Å². The molecule has 2 aromatic rings. The minimum absolute atomic E-state index is 0.129. The van der Waals surface area contributed by atoms with Crippen LogP contribution in [0.1, 0.15) is 24.0 Å². The van der Waals surface area contributed by atoms with Crippen molar-refractivity contribution in [1.29, 1.82) is 0 Å². The van der Waals surface area contributed by atoms with E-state index in [1.165, 1.54) is 0 Å². The Morgan fingerprint density at radius 3 is 2.71 bits per heavy atom. The third-order valence-electron chi connectivity index (χ3n) is 4.83. The molecule has 1 fully saturated rings. The van der Waals surface area contributed by atoms with Gasteiger partial charge in [0.25, 0.3) is 5.91 Å². The van der Waals surface area contributed by atoms with Gasteiger partial charge in [0, 0.05) is 24.9 Å². The maximum Gasteiger partial charge on any atom is 0.258 e. The van der Waals surface area contributed by atoms with Gasteiger partial charge in [-0.3, -0.25) is 14.6 Å². The largest absolute Gasteiger partial charge is 0.484 e. The number of aromatic nitrogens is 1. The van der Waals surface area contributed by atoms with E-state index in [-0.39, 0.29) is 24.3 Å². The molecular formula is C21H25N3O4. The van der Waals surface area contributed by atoms with Crippen molar-refractivity contribution in [2.24, 2.45) is 5.92 Å². The molecule has 2 amide bonds. The van der Waals surface area contributed by atoms with Gasteiger partial charge in [0.2, 0.25) is 5.91 Å². The lowest BCUT2D eigenvalue weighted by Gasteiger charge is -2.16. The van der Waals surface area contributed by atoms with Crippen LogP contribution in [0.3, 0.4) is 0 Å². The number of nitrogens with one attached hydrogen (secondary N) is 2. The van der Waals surface area contributed by atoms with Gasteiger partial charge in [-0.25, -0.2) is 0 Å². The summed E-state index contributed by atoms with van der Waals surface area (Å²) < 4.78 is 5.45. The number of nitrogens with zero attached hydrogens (tertiary/aromatic N) is 1. The van der Waals surface area contributed by atoms with Gasteiger partial charge in [0.1, 0.15) is 5.75 Å². The van der Waals surface area contributed by atoms with E-state index in [1.54, 1.807) is 24.5 Å².